The summed E-state index contributed by atoms with van der Waals surface area (Å²) in [5.74, 6) is -0.0838. The van der Waals surface area contributed by atoms with Gasteiger partial charge in [-0.25, -0.2) is 0 Å². The Kier molecular flexibility index (Phi) is 5.71. The molecule has 1 fully saturated rings. The summed E-state index contributed by atoms with van der Waals surface area (Å²) < 4.78 is 47.7. The second kappa shape index (κ2) is 7.40. The molecule has 0 saturated carbocycles. The number of carbonyl (C=O) groups is 1. The van der Waals surface area contributed by atoms with Crippen LogP contribution >= 0.6 is 0 Å². The molecule has 2 rings (SSSR count). The average Bonchev–Trinajstić information content (AvgIpc) is 2.83. The molecule has 134 valence electrons. The number of nitrogens with zero attached hydrogens (tertiary/aromatic N) is 1. The first kappa shape index (κ1) is 18.5. The zero-order chi connectivity index (χ0) is 17.9. The molecule has 1 aliphatic rings. The van der Waals surface area contributed by atoms with Gasteiger partial charge in [-0.3, -0.25) is 9.69 Å². The number of carbonyl (C=O) groups excluding carboxylic acids is 1. The summed E-state index contributed by atoms with van der Waals surface area (Å²) >= 11 is 0. The Bertz CT molecular complexity index is 561. The molecule has 0 spiro atoms. The molecule has 0 aliphatic carbocycles. The third kappa shape index (κ3) is 4.85. The molecule has 1 heterocycles. The van der Waals surface area contributed by atoms with Crippen molar-refractivity contribution in [3.63, 3.8) is 0 Å². The Morgan fingerprint density at radius 2 is 2.00 bits per heavy atom. The van der Waals surface area contributed by atoms with Crippen LogP contribution in [0.1, 0.15) is 18.9 Å². The first-order valence-electron chi connectivity index (χ1n) is 7.55. The molecule has 1 saturated heterocycles. The maximum atomic E-state index is 12.5. The number of hydrogen-bond acceptors (Lipinski definition) is 5. The SMILES string of the molecule is C[C@@H]1C[C@@H](N(C)C[C@H](O)COc2ccc(C(F)(F)F)cc2)C(=O)O1. The summed E-state index contributed by atoms with van der Waals surface area (Å²) in [6, 6.07) is 3.85. The fourth-order valence-corrected chi connectivity index (χ4v) is 2.54. The highest BCUT2D eigenvalue weighted by Gasteiger charge is 2.35. The van der Waals surface area contributed by atoms with E-state index >= 15 is 0 Å². The molecular weight excluding hydrogens is 327 g/mol. The van der Waals surface area contributed by atoms with Crippen LogP contribution in [0.4, 0.5) is 13.2 Å². The minimum Gasteiger partial charge on any atom is -0.491 e. The number of benzene rings is 1. The van der Waals surface area contributed by atoms with Gasteiger partial charge in [-0.15, -0.1) is 0 Å². The molecule has 0 bridgehead atoms. The second-order valence-corrected chi connectivity index (χ2v) is 5.93. The van der Waals surface area contributed by atoms with Gasteiger partial charge in [0, 0.05) is 13.0 Å². The van der Waals surface area contributed by atoms with Gasteiger partial charge >= 0.3 is 12.1 Å². The van der Waals surface area contributed by atoms with Gasteiger partial charge in [0.05, 0.1) is 5.56 Å². The van der Waals surface area contributed by atoms with E-state index in [0.29, 0.717) is 6.42 Å². The summed E-state index contributed by atoms with van der Waals surface area (Å²) in [5, 5.41) is 9.98. The number of halogens is 3. The van der Waals surface area contributed by atoms with Crippen LogP contribution in [0, 0.1) is 0 Å². The smallest absolute Gasteiger partial charge is 0.416 e. The van der Waals surface area contributed by atoms with E-state index in [4.69, 9.17) is 9.47 Å². The second-order valence-electron chi connectivity index (χ2n) is 5.93. The lowest BCUT2D eigenvalue weighted by atomic mass is 10.1. The molecule has 1 N–H and O–H groups in total. The Labute approximate surface area is 138 Å². The highest BCUT2D eigenvalue weighted by atomic mass is 19.4. The Balaban J connectivity index is 1.80. The van der Waals surface area contributed by atoms with Crippen molar-refractivity contribution in [2.45, 2.75) is 37.8 Å². The summed E-state index contributed by atoms with van der Waals surface area (Å²) in [4.78, 5) is 13.3. The van der Waals surface area contributed by atoms with Crippen LogP contribution in [0.5, 0.6) is 5.75 Å². The van der Waals surface area contributed by atoms with Crippen molar-refractivity contribution in [3.8, 4) is 5.75 Å². The van der Waals surface area contributed by atoms with Crippen LogP contribution in [0.3, 0.4) is 0 Å². The number of aliphatic hydroxyl groups is 1. The highest BCUT2D eigenvalue weighted by molar-refractivity contribution is 5.77. The van der Waals surface area contributed by atoms with Gasteiger partial charge in [0.1, 0.15) is 30.6 Å². The molecule has 0 amide bonds. The van der Waals surface area contributed by atoms with E-state index in [1.807, 2.05) is 0 Å². The Morgan fingerprint density at radius 1 is 1.38 bits per heavy atom. The summed E-state index contributed by atoms with van der Waals surface area (Å²) in [6.45, 7) is 1.90. The lowest BCUT2D eigenvalue weighted by Gasteiger charge is -2.24. The van der Waals surface area contributed by atoms with Crippen LogP contribution in [-0.2, 0) is 15.7 Å². The van der Waals surface area contributed by atoms with Crippen molar-refractivity contribution in [1.29, 1.82) is 0 Å². The number of rotatable bonds is 6. The van der Waals surface area contributed by atoms with Crippen LogP contribution in [-0.4, -0.2) is 54.4 Å². The maximum Gasteiger partial charge on any atom is 0.416 e. The molecule has 5 nitrogen and oxygen atoms in total. The van der Waals surface area contributed by atoms with E-state index in [-0.39, 0.29) is 31.0 Å². The van der Waals surface area contributed by atoms with Gasteiger partial charge in [0.15, 0.2) is 0 Å². The first-order chi connectivity index (χ1) is 11.2. The highest BCUT2D eigenvalue weighted by Crippen LogP contribution is 2.30. The lowest BCUT2D eigenvalue weighted by Crippen LogP contribution is -2.41. The van der Waals surface area contributed by atoms with Crippen LogP contribution in [0.25, 0.3) is 0 Å². The van der Waals surface area contributed by atoms with E-state index in [1.54, 1.807) is 18.9 Å². The summed E-state index contributed by atoms with van der Waals surface area (Å²) in [7, 11) is 1.70. The van der Waals surface area contributed by atoms with Gasteiger partial charge in [-0.05, 0) is 38.2 Å². The largest absolute Gasteiger partial charge is 0.491 e. The molecule has 1 aromatic carbocycles. The molecule has 3 atom stereocenters. The fraction of sp³-hybridized carbons (Fsp3) is 0.562. The quantitative estimate of drug-likeness (QED) is 0.799. The molecule has 0 aromatic heterocycles. The number of aliphatic hydroxyl groups excluding tert-OH is 1. The molecule has 0 radical (unpaired) electrons. The summed E-state index contributed by atoms with van der Waals surface area (Å²) in [5.41, 5.74) is -0.760. The normalized spacial score (nSPS) is 22.5. The van der Waals surface area contributed by atoms with Gasteiger partial charge in [0.2, 0.25) is 0 Å². The summed E-state index contributed by atoms with van der Waals surface area (Å²) in [6.07, 6.45) is -4.87. The van der Waals surface area contributed by atoms with Gasteiger partial charge in [-0.2, -0.15) is 13.2 Å². The Hall–Kier alpha value is -1.80. The molecule has 8 heteroatoms. The van der Waals surface area contributed by atoms with E-state index < -0.39 is 23.9 Å². The van der Waals surface area contributed by atoms with Gasteiger partial charge in [0.25, 0.3) is 0 Å². The van der Waals surface area contributed by atoms with Crippen molar-refractivity contribution < 1.29 is 32.5 Å². The van der Waals surface area contributed by atoms with E-state index in [0.717, 1.165) is 12.1 Å². The van der Waals surface area contributed by atoms with Crippen molar-refractivity contribution in [2.75, 3.05) is 20.2 Å². The fourth-order valence-electron chi connectivity index (χ4n) is 2.54. The van der Waals surface area contributed by atoms with E-state index in [9.17, 15) is 23.1 Å². The number of hydrogen-bond donors (Lipinski definition) is 1. The number of esters is 1. The third-order valence-corrected chi connectivity index (χ3v) is 3.80. The topological polar surface area (TPSA) is 59.0 Å². The number of ether oxygens (including phenoxy) is 2. The minimum atomic E-state index is -4.40. The van der Waals surface area contributed by atoms with Crippen LogP contribution in [0.15, 0.2) is 24.3 Å². The van der Waals surface area contributed by atoms with Crippen LogP contribution < -0.4 is 4.74 Å². The van der Waals surface area contributed by atoms with Crippen molar-refractivity contribution in [2.24, 2.45) is 0 Å². The first-order valence-corrected chi connectivity index (χ1v) is 7.55. The standard InChI is InChI=1S/C16H20F3NO4/c1-10-7-14(15(22)24-10)20(2)8-12(21)9-23-13-5-3-11(4-6-13)16(17,18)19/h3-6,10,12,14,21H,7-9H2,1-2H3/t10-,12+,14-/m1/s1. The number of cyclic esters (lactones) is 1. The van der Waals surface area contributed by atoms with E-state index in [2.05, 4.69) is 0 Å². The zero-order valence-corrected chi connectivity index (χ0v) is 13.4. The predicted molar refractivity (Wildman–Crippen MR) is 79.5 cm³/mol. The molecule has 1 aromatic rings. The molecule has 24 heavy (non-hydrogen) atoms. The third-order valence-electron chi connectivity index (χ3n) is 3.80. The number of alkyl halides is 3. The average molecular weight is 347 g/mol. The predicted octanol–water partition coefficient (Wildman–Crippen LogP) is 2.08. The van der Waals surface area contributed by atoms with Crippen LogP contribution in [0.2, 0.25) is 0 Å². The zero-order valence-electron chi connectivity index (χ0n) is 13.4. The Morgan fingerprint density at radius 3 is 2.50 bits per heavy atom. The minimum absolute atomic E-state index is 0.0903. The van der Waals surface area contributed by atoms with Gasteiger partial charge in [-0.1, -0.05) is 0 Å². The molecule has 0 unspecified atom stereocenters. The van der Waals surface area contributed by atoms with E-state index in [1.165, 1.54) is 12.1 Å². The maximum absolute atomic E-state index is 12.5. The molecule has 1 aliphatic heterocycles. The number of likely N-dealkylation sites (N-methyl/N-ethyl adjacent to an activating group) is 1. The van der Waals surface area contributed by atoms with Gasteiger partial charge < -0.3 is 14.6 Å². The lowest BCUT2D eigenvalue weighted by molar-refractivity contribution is -0.144. The van der Waals surface area contributed by atoms with Crippen molar-refractivity contribution >= 4 is 5.97 Å². The van der Waals surface area contributed by atoms with Crippen molar-refractivity contribution in [3.05, 3.63) is 29.8 Å². The monoisotopic (exact) mass is 347 g/mol. The van der Waals surface area contributed by atoms with Crippen molar-refractivity contribution in [1.82, 2.24) is 4.90 Å². The molecular formula is C16H20F3NO4.